The molecule has 0 amide bonds. The first kappa shape index (κ1) is 36.1. The molecule has 1 heterocycles. The topological polar surface area (TPSA) is 9.23 Å². The Kier molecular flexibility index (Phi) is 19.7. The average molecular weight is 531 g/mol. The predicted molar refractivity (Wildman–Crippen MR) is 165 cm³/mol. The van der Waals surface area contributed by atoms with Crippen LogP contribution >= 0.6 is 21.0 Å². The Labute approximate surface area is 221 Å². The van der Waals surface area contributed by atoms with Crippen LogP contribution in [0.25, 0.3) is 5.57 Å². The summed E-state index contributed by atoms with van der Waals surface area (Å²) < 4.78 is 31.0. The molecule has 2 atom stereocenters. The van der Waals surface area contributed by atoms with E-state index in [4.69, 9.17) is 4.74 Å². The average Bonchev–Trinajstić information content (AvgIpc) is 3.64. The molecule has 0 spiro atoms. The van der Waals surface area contributed by atoms with Gasteiger partial charge in [-0.15, -0.1) is 0 Å². The van der Waals surface area contributed by atoms with Crippen molar-refractivity contribution in [1.82, 2.24) is 0 Å². The van der Waals surface area contributed by atoms with Crippen LogP contribution in [0.3, 0.4) is 0 Å². The number of alkyl halides is 2. The van der Waals surface area contributed by atoms with Gasteiger partial charge in [-0.25, -0.2) is 18.0 Å². The predicted octanol–water partition coefficient (Wildman–Crippen LogP) is 10.0. The van der Waals surface area contributed by atoms with Crippen molar-refractivity contribution in [3.8, 4) is 0 Å². The van der Waals surface area contributed by atoms with Crippen LogP contribution in [-0.4, -0.2) is 43.4 Å². The van der Waals surface area contributed by atoms with Gasteiger partial charge < -0.3 is 4.74 Å². The Morgan fingerprint density at radius 1 is 1.06 bits per heavy atom. The number of aryl methyl sites for hydroxylation is 1. The number of hydrogen-bond donors (Lipinski definition) is 0. The van der Waals surface area contributed by atoms with Crippen LogP contribution in [0.15, 0.2) is 41.2 Å². The SMILES string of the molecule is C1CC1.C=C(S/C=C(\C)c1ccc(C)cc1)C(C)(F)F.C=S(=C)(C)C.CC.CC1CCOC[C@@H]1C. The highest BCUT2D eigenvalue weighted by Gasteiger charge is 2.25. The highest BCUT2D eigenvalue weighted by molar-refractivity contribution is 8.26. The Morgan fingerprint density at radius 3 is 1.83 bits per heavy atom. The zero-order valence-electron chi connectivity index (χ0n) is 23.9. The van der Waals surface area contributed by atoms with Crippen molar-refractivity contribution in [2.45, 2.75) is 80.1 Å². The molecule has 1 aromatic rings. The summed E-state index contributed by atoms with van der Waals surface area (Å²) in [5.41, 5.74) is 3.18. The second-order valence-corrected chi connectivity index (χ2v) is 14.2. The summed E-state index contributed by atoms with van der Waals surface area (Å²) >= 11 is 0.984. The molecule has 5 heteroatoms. The molecule has 1 aromatic carbocycles. The Balaban J connectivity index is 0. The fourth-order valence-corrected chi connectivity index (χ4v) is 2.80. The zero-order valence-corrected chi connectivity index (χ0v) is 25.5. The molecule has 1 unspecified atom stereocenters. The van der Waals surface area contributed by atoms with Crippen LogP contribution in [0.2, 0.25) is 0 Å². The first-order chi connectivity index (χ1) is 16.1. The quantitative estimate of drug-likeness (QED) is 0.358. The molecule has 0 bridgehead atoms. The number of rotatable bonds is 4. The number of ether oxygens (including phenoxy) is 1. The number of allylic oxidation sites excluding steroid dienone is 2. The highest BCUT2D eigenvalue weighted by Crippen LogP contribution is 2.33. The summed E-state index contributed by atoms with van der Waals surface area (Å²) in [6.45, 7) is 18.6. The van der Waals surface area contributed by atoms with Gasteiger partial charge in [0, 0.05) is 20.1 Å². The fraction of sp³-hybridized carbons (Fsp3) is 0.600. The summed E-state index contributed by atoms with van der Waals surface area (Å²) in [5.74, 6) is 6.31. The summed E-state index contributed by atoms with van der Waals surface area (Å²) in [4.78, 5) is -0.135. The third-order valence-corrected chi connectivity index (χ3v) is 5.91. The maximum absolute atomic E-state index is 12.9. The molecular formula is C30H52F2OS2. The van der Waals surface area contributed by atoms with Gasteiger partial charge in [0.05, 0.1) is 4.91 Å². The first-order valence-corrected chi connectivity index (χ1v) is 16.2. The molecular weight excluding hydrogens is 478 g/mol. The van der Waals surface area contributed by atoms with Gasteiger partial charge in [0.15, 0.2) is 0 Å². The molecule has 1 saturated heterocycles. The summed E-state index contributed by atoms with van der Waals surface area (Å²) in [5, 5.41) is 1.71. The van der Waals surface area contributed by atoms with Crippen molar-refractivity contribution in [2.75, 3.05) is 25.7 Å². The van der Waals surface area contributed by atoms with Crippen LogP contribution in [-0.2, 0) is 4.74 Å². The molecule has 0 N–H and O–H groups in total. The van der Waals surface area contributed by atoms with Crippen molar-refractivity contribution in [1.29, 1.82) is 0 Å². The fourth-order valence-electron chi connectivity index (χ4n) is 2.13. The van der Waals surface area contributed by atoms with Gasteiger partial charge in [-0.2, -0.15) is 0 Å². The van der Waals surface area contributed by atoms with Crippen molar-refractivity contribution >= 4 is 38.3 Å². The molecule has 204 valence electrons. The third kappa shape index (κ3) is 24.4. The Hall–Kier alpha value is -1.04. The molecule has 2 aliphatic rings. The van der Waals surface area contributed by atoms with Gasteiger partial charge in [-0.3, -0.25) is 0 Å². The van der Waals surface area contributed by atoms with Crippen LogP contribution in [0.5, 0.6) is 0 Å². The highest BCUT2D eigenvalue weighted by atomic mass is 32.2. The van der Waals surface area contributed by atoms with Crippen molar-refractivity contribution in [3.05, 3.63) is 52.3 Å². The van der Waals surface area contributed by atoms with Crippen LogP contribution < -0.4 is 0 Å². The summed E-state index contributed by atoms with van der Waals surface area (Å²) in [6.07, 6.45) is 9.85. The lowest BCUT2D eigenvalue weighted by Gasteiger charge is -2.24. The molecule has 0 radical (unpaired) electrons. The lowest BCUT2D eigenvalue weighted by atomic mass is 9.92. The van der Waals surface area contributed by atoms with E-state index in [1.807, 2.05) is 64.5 Å². The monoisotopic (exact) mass is 530 g/mol. The van der Waals surface area contributed by atoms with Gasteiger partial charge in [0.1, 0.15) is 0 Å². The molecule has 3 rings (SSSR count). The molecule has 35 heavy (non-hydrogen) atoms. The second-order valence-electron chi connectivity index (χ2n) is 9.74. The Bertz CT molecular complexity index is 796. The maximum atomic E-state index is 12.9. The third-order valence-electron chi connectivity index (χ3n) is 4.80. The second kappa shape index (κ2) is 19.1. The van der Waals surface area contributed by atoms with Crippen molar-refractivity contribution < 1.29 is 13.5 Å². The molecule has 1 saturated carbocycles. The lowest BCUT2D eigenvalue weighted by Crippen LogP contribution is -2.22. The number of benzene rings is 1. The number of halogens is 2. The van der Waals surface area contributed by atoms with Crippen molar-refractivity contribution in [2.24, 2.45) is 11.8 Å². The minimum absolute atomic E-state index is 0.135. The van der Waals surface area contributed by atoms with Crippen LogP contribution in [0.4, 0.5) is 8.78 Å². The molecule has 2 fully saturated rings. The minimum Gasteiger partial charge on any atom is -0.381 e. The smallest absolute Gasteiger partial charge is 0.275 e. The molecule has 0 aromatic heterocycles. The van der Waals surface area contributed by atoms with E-state index in [0.29, 0.717) is 0 Å². The van der Waals surface area contributed by atoms with E-state index in [2.05, 4.69) is 32.2 Å². The van der Waals surface area contributed by atoms with Gasteiger partial charge in [0.25, 0.3) is 5.92 Å². The largest absolute Gasteiger partial charge is 0.381 e. The van der Waals surface area contributed by atoms with E-state index in [1.165, 1.54) is 31.2 Å². The summed E-state index contributed by atoms with van der Waals surface area (Å²) in [6, 6.07) is 7.96. The van der Waals surface area contributed by atoms with Crippen LogP contribution in [0.1, 0.15) is 78.4 Å². The van der Waals surface area contributed by atoms with E-state index in [1.54, 1.807) is 5.41 Å². The van der Waals surface area contributed by atoms with E-state index in [-0.39, 0.29) is 4.91 Å². The molecule has 1 aliphatic heterocycles. The van der Waals surface area contributed by atoms with E-state index >= 15 is 0 Å². The van der Waals surface area contributed by atoms with E-state index in [0.717, 1.165) is 54.9 Å². The summed E-state index contributed by atoms with van der Waals surface area (Å²) in [7, 11) is -0.667. The Morgan fingerprint density at radius 2 is 1.51 bits per heavy atom. The van der Waals surface area contributed by atoms with Gasteiger partial charge >= 0.3 is 0 Å². The number of hydrogen-bond acceptors (Lipinski definition) is 2. The van der Waals surface area contributed by atoms with E-state index < -0.39 is 15.1 Å². The van der Waals surface area contributed by atoms with Crippen molar-refractivity contribution in [3.63, 3.8) is 0 Å². The minimum atomic E-state index is -2.84. The molecule has 1 nitrogen and oxygen atoms in total. The van der Waals surface area contributed by atoms with Gasteiger partial charge in [0.2, 0.25) is 0 Å². The lowest BCUT2D eigenvalue weighted by molar-refractivity contribution is 0.0303. The van der Waals surface area contributed by atoms with Gasteiger partial charge in [-0.05, 0) is 61.2 Å². The maximum Gasteiger partial charge on any atom is 0.275 e. The molecule has 1 aliphatic carbocycles. The van der Waals surface area contributed by atoms with Gasteiger partial charge in [-0.1, -0.05) is 107 Å². The normalized spacial score (nSPS) is 19.1. The standard InChI is InChI=1S/C14H16F2S.C7H14O.C4H10S.C3H6.C2H6/c1-10-5-7-13(8-6-10)11(2)9-17-12(3)14(4,15)16;1-6-3-4-8-5-7(6)2;1-5(2,3)4;1-2-3-1;1-2/h5-9H,3H2,1-2,4H3;6-7H,3-5H2,1-2H3;1-2H2,3-4H3;1-3H2;1-2H3/b11-9+;;;;/t;6?,7-;;;/m.0.../s1. The zero-order chi connectivity index (χ0) is 27.7. The van der Waals surface area contributed by atoms with E-state index in [9.17, 15) is 8.78 Å². The first-order valence-electron chi connectivity index (χ1n) is 12.6. The van der Waals surface area contributed by atoms with Crippen LogP contribution in [0, 0.1) is 18.8 Å². The number of thioether (sulfide) groups is 1.